The van der Waals surface area contributed by atoms with Gasteiger partial charge < -0.3 is 123 Å². The predicted molar refractivity (Wildman–Crippen MR) is 460 cm³/mol. The van der Waals surface area contributed by atoms with Crippen LogP contribution in [0.5, 0.6) is 0 Å². The molecule has 38 N–H and O–H groups in total. The number of unbranched alkanes of at least 4 members (excludes halogenated alkanes) is 5. The second-order valence-corrected chi connectivity index (χ2v) is 30.2. The molecule has 0 aliphatic carbocycles. The number of imidazole rings is 1. The van der Waals surface area contributed by atoms with E-state index in [4.69, 9.17) is 91.7 Å². The highest BCUT2D eigenvalue weighted by atomic mass is 32.1. The third-order valence-corrected chi connectivity index (χ3v) is 20.4. The van der Waals surface area contributed by atoms with Gasteiger partial charge in [0.2, 0.25) is 29.5 Å². The molecule has 0 saturated carbocycles. The van der Waals surface area contributed by atoms with Crippen LogP contribution in [-0.2, 0) is 47.9 Å². The van der Waals surface area contributed by atoms with Crippen LogP contribution in [0.2, 0.25) is 0 Å². The molecule has 0 spiro atoms. The zero-order valence-corrected chi connectivity index (χ0v) is 69.1. The first kappa shape index (κ1) is 101. The molecular formula is C75H130N32O11S. The van der Waals surface area contributed by atoms with Crippen LogP contribution in [0.4, 0.5) is 0 Å². The maximum Gasteiger partial charge on any atom is 0.261 e. The van der Waals surface area contributed by atoms with Crippen molar-refractivity contribution in [3.05, 3.63) is 29.7 Å². The standard InChI is InChI=1S/C75H130N32O11S/c76-28-6-5-16-45(62(77)113)40-55(110)52(23-13-35-98-73(86)87)106-66(116)48(19-11-33-96-71(82)83)42-57(112)54(25-15-37-100-75(90)91)107-67(117)49(20-12-34-97-72(84)85)41-56(111)53(24-14-36-99-74(88)89)105-65(115)47(18-10-32-95-70(80)81)39-51(109)22-3-1-7-29-92-64(114)46(17-9-31-94-69(78)79)38-50(108)21-4-2-8-30-93-68(118)59-27-26-58(119-59)60-61-63(103-43-101-60)104-44-102-61/h26-27,43-49,52-54H,1-25,28-42,76H2,(H2,77,113)(H,92,114)(H,93,118)(H,105,115)(H,106,116)(H,107,117)(H4,78,79,94)(H4,80,81,95)(H4,82,83,96)(H4,84,85,97)(H4,86,87,98)(H4,88,89,99)(H4,90,91,100)(H,101,102,103,104)/t45-,46-,47-,48-,49-,52+,53+,54+/m0/s1. The normalized spacial score (nSPS) is 13.0. The van der Waals surface area contributed by atoms with Gasteiger partial charge in [-0.3, -0.25) is 87.7 Å². The smallest absolute Gasteiger partial charge is 0.261 e. The van der Waals surface area contributed by atoms with Crippen molar-refractivity contribution >= 4 is 129 Å². The third kappa shape index (κ3) is 44.4. The van der Waals surface area contributed by atoms with Crippen LogP contribution < -0.4 is 118 Å². The molecule has 0 saturated heterocycles. The number of nitrogens with two attached hydrogens (primary N) is 16. The summed E-state index contributed by atoms with van der Waals surface area (Å²) in [6.45, 7) is 1.53. The molecule has 44 heteroatoms. The van der Waals surface area contributed by atoms with Gasteiger partial charge in [0.25, 0.3) is 5.91 Å². The van der Waals surface area contributed by atoms with E-state index >= 15 is 0 Å². The number of guanidine groups is 7. The van der Waals surface area contributed by atoms with E-state index in [1.807, 2.05) is 6.07 Å². The number of carbonyl (C=O) groups excluding carboxylic acids is 11. The molecule has 3 heterocycles. The van der Waals surface area contributed by atoms with Gasteiger partial charge in [-0.1, -0.05) is 19.3 Å². The number of amides is 6. The summed E-state index contributed by atoms with van der Waals surface area (Å²) < 4.78 is 0. The van der Waals surface area contributed by atoms with Gasteiger partial charge in [0.1, 0.15) is 29.1 Å². The van der Waals surface area contributed by atoms with Gasteiger partial charge in [-0.2, -0.15) is 0 Å². The average molecular weight is 1690 g/mol. The van der Waals surface area contributed by atoms with E-state index in [9.17, 15) is 52.7 Å². The molecule has 3 rings (SSSR count). The number of primary amides is 1. The van der Waals surface area contributed by atoms with E-state index in [2.05, 4.69) is 81.5 Å². The summed E-state index contributed by atoms with van der Waals surface area (Å²) in [5.74, 6) is -11.9. The van der Waals surface area contributed by atoms with E-state index < -0.39 is 102 Å². The fourth-order valence-electron chi connectivity index (χ4n) is 13.0. The van der Waals surface area contributed by atoms with Crippen LogP contribution in [-0.4, -0.2) is 210 Å². The summed E-state index contributed by atoms with van der Waals surface area (Å²) in [6.07, 6.45) is 7.99. The lowest BCUT2D eigenvalue weighted by molar-refractivity contribution is -0.136. The largest absolute Gasteiger partial charge is 0.370 e. The SMILES string of the molecule is NCCCC[C@@H](CC(=O)[C@@H](CCCN=C(N)N)NC(=O)[C@@H](CCCN=C(N)N)CC(=O)[C@@H](CCCN=C(N)N)NC(=O)[C@@H](CCCN=C(N)N)CC(=O)[C@@H](CCCN=C(N)N)NC(=O)[C@@H](CCCN=C(N)N)CC(=O)CCCCCNC(=O)[C@@H](CCCN=C(N)N)CC(=O)CCCCCNC(=O)c1ccc(-c2ncnc3nc[nH]c23)s1)C(N)=O. The van der Waals surface area contributed by atoms with Gasteiger partial charge in [0.15, 0.2) is 64.7 Å². The summed E-state index contributed by atoms with van der Waals surface area (Å²) in [4.78, 5) is 200. The molecule has 0 unspecified atom stereocenters. The zero-order valence-electron chi connectivity index (χ0n) is 68.3. The Hall–Kier alpha value is -11.7. The van der Waals surface area contributed by atoms with Crippen LogP contribution >= 0.6 is 11.3 Å². The van der Waals surface area contributed by atoms with Gasteiger partial charge in [-0.15, -0.1) is 11.3 Å². The van der Waals surface area contributed by atoms with Crippen LogP contribution in [0.15, 0.2) is 59.7 Å². The zero-order chi connectivity index (χ0) is 88.0. The van der Waals surface area contributed by atoms with E-state index in [1.165, 1.54) is 24.0 Å². The number of rotatable bonds is 67. The molecule has 0 aliphatic rings. The van der Waals surface area contributed by atoms with Gasteiger partial charge in [-0.05, 0) is 147 Å². The maximum absolute atomic E-state index is 15.0. The predicted octanol–water partition coefficient (Wildman–Crippen LogP) is -2.63. The number of carbonyl (C=O) groups is 11. The molecule has 8 atom stereocenters. The molecule has 43 nitrogen and oxygen atoms in total. The molecule has 119 heavy (non-hydrogen) atoms. The number of Topliss-reactive ketones (excluding diaryl/α,β-unsaturated/α-hetero) is 5. The number of nitrogens with one attached hydrogen (secondary N) is 6. The van der Waals surface area contributed by atoms with Crippen molar-refractivity contribution in [2.75, 3.05) is 65.4 Å². The summed E-state index contributed by atoms with van der Waals surface area (Å²) in [5.41, 5.74) is 91.9. The van der Waals surface area contributed by atoms with Crippen molar-refractivity contribution in [1.29, 1.82) is 0 Å². The van der Waals surface area contributed by atoms with Crippen molar-refractivity contribution in [3.63, 3.8) is 0 Å². The van der Waals surface area contributed by atoms with Crippen molar-refractivity contribution in [3.8, 4) is 10.6 Å². The number of aliphatic imine (C=N–C) groups is 7. The molecule has 3 aromatic heterocycles. The number of ketones is 5. The second-order valence-electron chi connectivity index (χ2n) is 29.1. The Balaban J connectivity index is 1.82. The number of H-pyrrole nitrogens is 1. The van der Waals surface area contributed by atoms with Crippen molar-refractivity contribution in [1.82, 2.24) is 46.5 Å². The monoisotopic (exact) mass is 1690 g/mol. The number of fused-ring (bicyclic) bond motifs is 1. The molecule has 0 aromatic carbocycles. The molecule has 0 radical (unpaired) electrons. The molecule has 0 aliphatic heterocycles. The van der Waals surface area contributed by atoms with Crippen LogP contribution in [0.25, 0.3) is 21.7 Å². The van der Waals surface area contributed by atoms with Crippen LogP contribution in [0.1, 0.15) is 202 Å². The van der Waals surface area contributed by atoms with Gasteiger partial charge in [0.05, 0.1) is 34.2 Å². The van der Waals surface area contributed by atoms with E-state index in [0.717, 1.165) is 4.88 Å². The fourth-order valence-corrected chi connectivity index (χ4v) is 14.0. The minimum Gasteiger partial charge on any atom is -0.370 e. The van der Waals surface area contributed by atoms with Gasteiger partial charge >= 0.3 is 0 Å². The average Bonchev–Trinajstić information content (AvgIpc) is 1.66. The lowest BCUT2D eigenvalue weighted by Gasteiger charge is -2.26. The first-order valence-corrected chi connectivity index (χ1v) is 41.3. The van der Waals surface area contributed by atoms with Gasteiger partial charge in [0, 0.05) is 133 Å². The Labute approximate surface area is 697 Å². The van der Waals surface area contributed by atoms with Crippen molar-refractivity contribution < 1.29 is 52.7 Å². The highest BCUT2D eigenvalue weighted by Crippen LogP contribution is 2.31. The summed E-state index contributed by atoms with van der Waals surface area (Å²) in [6, 6.07) is -0.280. The molecule has 0 fully saturated rings. The second kappa shape index (κ2) is 58.2. The molecule has 0 bridgehead atoms. The lowest BCUT2D eigenvalue weighted by Crippen LogP contribution is -2.48. The summed E-state index contributed by atoms with van der Waals surface area (Å²) >= 11 is 1.30. The highest BCUT2D eigenvalue weighted by Gasteiger charge is 2.35. The minimum absolute atomic E-state index is 0.000441. The first-order valence-electron chi connectivity index (χ1n) is 40.5. The number of nitrogens with zero attached hydrogens (tertiary/aromatic N) is 10. The Morgan fingerprint density at radius 1 is 0.370 bits per heavy atom. The Morgan fingerprint density at radius 3 is 1.10 bits per heavy atom. The van der Waals surface area contributed by atoms with E-state index in [0.29, 0.717) is 99.0 Å². The number of hydrogen-bond donors (Lipinski definition) is 22. The number of hydrogen-bond acceptors (Lipinski definition) is 23. The third-order valence-electron chi connectivity index (χ3n) is 19.3. The lowest BCUT2D eigenvalue weighted by atomic mass is 9.88. The molecule has 3 aromatic rings. The van der Waals surface area contributed by atoms with Crippen LogP contribution in [0.3, 0.4) is 0 Å². The molecular weight excluding hydrogens is 1560 g/mol. The highest BCUT2D eigenvalue weighted by molar-refractivity contribution is 7.17. The molecule has 662 valence electrons. The van der Waals surface area contributed by atoms with Gasteiger partial charge in [-0.25, -0.2) is 15.0 Å². The summed E-state index contributed by atoms with van der Waals surface area (Å²) in [5, 5.41) is 14.4. The number of thiophene rings is 1. The van der Waals surface area contributed by atoms with E-state index in [1.54, 1.807) is 6.07 Å². The Morgan fingerprint density at radius 2 is 0.723 bits per heavy atom. The molecule has 6 amide bonds. The van der Waals surface area contributed by atoms with E-state index in [-0.39, 0.29) is 233 Å². The topological polar surface area (TPSA) is 805 Å². The fraction of sp³-hybridized carbons (Fsp3) is 0.640. The Bertz CT molecular complexity index is 3910. The van der Waals surface area contributed by atoms with Crippen molar-refractivity contribution in [2.45, 2.75) is 211 Å². The summed E-state index contributed by atoms with van der Waals surface area (Å²) in [7, 11) is 0. The number of aromatic amines is 1. The minimum atomic E-state index is -1.35. The number of aromatic nitrogens is 4. The maximum atomic E-state index is 15.0. The first-order chi connectivity index (χ1) is 56.8. The van der Waals surface area contributed by atoms with Crippen LogP contribution in [0, 0.1) is 29.6 Å². The van der Waals surface area contributed by atoms with Crippen molar-refractivity contribution in [2.24, 2.45) is 156 Å². The Kier molecular flexibility index (Phi) is 49.6. The quantitative estimate of drug-likeness (QED) is 0.0156.